The lowest BCUT2D eigenvalue weighted by atomic mass is 10.00. The normalized spacial score (nSPS) is 11.5. The maximum Gasteiger partial charge on any atom is 0.164 e. The predicted octanol–water partition coefficient (Wildman–Crippen LogP) is 12.4. The zero-order valence-electron chi connectivity index (χ0n) is 27.5. The Morgan fingerprint density at radius 1 is 0.314 bits per heavy atom. The number of furan rings is 1. The molecule has 238 valence electrons. The fourth-order valence-electron chi connectivity index (χ4n) is 7.05. The highest BCUT2D eigenvalue weighted by Gasteiger charge is 2.15. The third kappa shape index (κ3) is 5.22. The van der Waals surface area contributed by atoms with Crippen LogP contribution in [0.5, 0.6) is 0 Å². The Balaban J connectivity index is 1.06. The highest BCUT2D eigenvalue weighted by atomic mass is 16.3. The number of hydrogen-bond donors (Lipinski definition) is 0. The van der Waals surface area contributed by atoms with Crippen LogP contribution in [0.2, 0.25) is 0 Å². The summed E-state index contributed by atoms with van der Waals surface area (Å²) >= 11 is 0. The van der Waals surface area contributed by atoms with Crippen molar-refractivity contribution < 1.29 is 4.42 Å². The summed E-state index contributed by atoms with van der Waals surface area (Å²) in [6, 6.07) is 61.2. The monoisotopic (exact) mass is 651 g/mol. The van der Waals surface area contributed by atoms with Gasteiger partial charge in [-0.25, -0.2) is 15.0 Å². The molecule has 8 aromatic carbocycles. The lowest BCUT2D eigenvalue weighted by Crippen LogP contribution is -2.00. The maximum atomic E-state index is 6.34. The van der Waals surface area contributed by atoms with Gasteiger partial charge in [0.05, 0.1) is 0 Å². The molecule has 0 atom stereocenters. The van der Waals surface area contributed by atoms with Gasteiger partial charge in [0.25, 0.3) is 0 Å². The maximum absolute atomic E-state index is 6.34. The van der Waals surface area contributed by atoms with Gasteiger partial charge in [-0.05, 0) is 56.4 Å². The summed E-state index contributed by atoms with van der Waals surface area (Å²) in [5.41, 5.74) is 8.99. The molecule has 2 heterocycles. The van der Waals surface area contributed by atoms with Gasteiger partial charge in [0.1, 0.15) is 11.2 Å². The van der Waals surface area contributed by atoms with Gasteiger partial charge in [-0.1, -0.05) is 158 Å². The molecule has 0 fully saturated rings. The van der Waals surface area contributed by atoms with Crippen molar-refractivity contribution in [1.82, 2.24) is 15.0 Å². The molecule has 0 radical (unpaired) electrons. The molecule has 10 aromatic rings. The molecule has 0 aliphatic carbocycles. The zero-order chi connectivity index (χ0) is 33.7. The number of rotatable bonds is 5. The van der Waals surface area contributed by atoms with E-state index in [4.69, 9.17) is 19.4 Å². The molecule has 0 saturated heterocycles. The molecule has 10 rings (SSSR count). The fraction of sp³-hybridized carbons (Fsp3) is 0. The van der Waals surface area contributed by atoms with E-state index in [2.05, 4.69) is 158 Å². The molecule has 0 N–H and O–H groups in total. The van der Waals surface area contributed by atoms with Gasteiger partial charge in [0, 0.05) is 33.0 Å². The third-order valence-corrected chi connectivity index (χ3v) is 9.73. The number of para-hydroxylation sites is 2. The molecule has 0 aliphatic heterocycles. The molecule has 4 heteroatoms. The van der Waals surface area contributed by atoms with E-state index >= 15 is 0 Å². The Hall–Kier alpha value is -6.91. The predicted molar refractivity (Wildman–Crippen MR) is 209 cm³/mol. The van der Waals surface area contributed by atoms with Crippen molar-refractivity contribution in [2.24, 2.45) is 0 Å². The van der Waals surface area contributed by atoms with Crippen molar-refractivity contribution >= 4 is 43.5 Å². The second kappa shape index (κ2) is 11.9. The summed E-state index contributed by atoms with van der Waals surface area (Å²) in [4.78, 5) is 15.1. The van der Waals surface area contributed by atoms with Crippen LogP contribution in [0.1, 0.15) is 0 Å². The molecule has 51 heavy (non-hydrogen) atoms. The highest BCUT2D eigenvalue weighted by Crippen LogP contribution is 2.37. The van der Waals surface area contributed by atoms with E-state index in [1.165, 1.54) is 21.7 Å². The Morgan fingerprint density at radius 3 is 1.45 bits per heavy atom. The van der Waals surface area contributed by atoms with Gasteiger partial charge in [-0.15, -0.1) is 0 Å². The molecular formula is C47H29N3O. The van der Waals surface area contributed by atoms with Crippen molar-refractivity contribution in [2.75, 3.05) is 0 Å². The number of aromatic nitrogens is 3. The van der Waals surface area contributed by atoms with Crippen molar-refractivity contribution in [3.63, 3.8) is 0 Å². The topological polar surface area (TPSA) is 51.8 Å². The SMILES string of the molecule is c1ccc2cc(-c3ccc(-c4nc(-c5ccc(-c6cccc7c6oc6ccccc67)cc5)nc(-c5ccc6ccccc6c5)n4)cc3)ccc2c1. The third-order valence-electron chi connectivity index (χ3n) is 9.73. The minimum Gasteiger partial charge on any atom is -0.455 e. The minimum atomic E-state index is 0.621. The molecule has 0 amide bonds. The number of benzene rings is 8. The number of fused-ring (bicyclic) bond motifs is 5. The molecule has 2 aromatic heterocycles. The summed E-state index contributed by atoms with van der Waals surface area (Å²) in [5.74, 6) is 1.88. The van der Waals surface area contributed by atoms with Gasteiger partial charge < -0.3 is 4.42 Å². The second-order valence-corrected chi connectivity index (χ2v) is 12.9. The molecule has 0 aliphatic rings. The molecule has 0 bridgehead atoms. The van der Waals surface area contributed by atoms with Crippen LogP contribution in [0.3, 0.4) is 0 Å². The summed E-state index contributed by atoms with van der Waals surface area (Å²) in [7, 11) is 0. The Kier molecular flexibility index (Phi) is 6.78. The van der Waals surface area contributed by atoms with Gasteiger partial charge in [0.15, 0.2) is 17.5 Å². The first-order chi connectivity index (χ1) is 25.2. The van der Waals surface area contributed by atoms with E-state index in [1.807, 2.05) is 18.2 Å². The van der Waals surface area contributed by atoms with E-state index in [-0.39, 0.29) is 0 Å². The van der Waals surface area contributed by atoms with Crippen LogP contribution in [0.15, 0.2) is 180 Å². The van der Waals surface area contributed by atoms with Crippen LogP contribution in [0, 0.1) is 0 Å². The molecule has 4 nitrogen and oxygen atoms in total. The van der Waals surface area contributed by atoms with Crippen LogP contribution in [-0.2, 0) is 0 Å². The first-order valence-corrected chi connectivity index (χ1v) is 17.1. The van der Waals surface area contributed by atoms with E-state index in [1.54, 1.807) is 0 Å². The Morgan fingerprint density at radius 2 is 0.784 bits per heavy atom. The quantitative estimate of drug-likeness (QED) is 0.186. The van der Waals surface area contributed by atoms with Crippen LogP contribution in [0.25, 0.3) is 99.9 Å². The first kappa shape index (κ1) is 29.0. The molecule has 0 unspecified atom stereocenters. The largest absolute Gasteiger partial charge is 0.455 e. The van der Waals surface area contributed by atoms with Crippen LogP contribution in [-0.4, -0.2) is 15.0 Å². The van der Waals surface area contributed by atoms with Gasteiger partial charge in [-0.3, -0.25) is 0 Å². The van der Waals surface area contributed by atoms with Gasteiger partial charge >= 0.3 is 0 Å². The average Bonchev–Trinajstić information content (AvgIpc) is 3.59. The highest BCUT2D eigenvalue weighted by molar-refractivity contribution is 6.09. The van der Waals surface area contributed by atoms with E-state index in [9.17, 15) is 0 Å². The van der Waals surface area contributed by atoms with Crippen LogP contribution >= 0.6 is 0 Å². The Labute approximate surface area is 294 Å². The zero-order valence-corrected chi connectivity index (χ0v) is 27.5. The summed E-state index contributed by atoms with van der Waals surface area (Å²) < 4.78 is 6.34. The van der Waals surface area contributed by atoms with Crippen molar-refractivity contribution in [3.8, 4) is 56.4 Å². The lowest BCUT2D eigenvalue weighted by molar-refractivity contribution is 0.670. The lowest BCUT2D eigenvalue weighted by Gasteiger charge is -2.10. The average molecular weight is 652 g/mol. The van der Waals surface area contributed by atoms with Gasteiger partial charge in [0.2, 0.25) is 0 Å². The summed E-state index contributed by atoms with van der Waals surface area (Å²) in [5, 5.41) is 7.01. The first-order valence-electron chi connectivity index (χ1n) is 17.1. The fourth-order valence-corrected chi connectivity index (χ4v) is 7.05. The minimum absolute atomic E-state index is 0.621. The van der Waals surface area contributed by atoms with Crippen molar-refractivity contribution in [3.05, 3.63) is 176 Å². The molecular weight excluding hydrogens is 623 g/mol. The van der Waals surface area contributed by atoms with Crippen molar-refractivity contribution in [2.45, 2.75) is 0 Å². The molecule has 0 spiro atoms. The summed E-state index contributed by atoms with van der Waals surface area (Å²) in [6.07, 6.45) is 0. The van der Waals surface area contributed by atoms with Crippen molar-refractivity contribution in [1.29, 1.82) is 0 Å². The smallest absolute Gasteiger partial charge is 0.164 e. The van der Waals surface area contributed by atoms with Gasteiger partial charge in [-0.2, -0.15) is 0 Å². The molecule has 0 saturated carbocycles. The standard InChI is InChI=1S/C47H29N3O/c1-3-10-36-28-38(26-18-30(36)8-1)32-16-22-34(23-17-32)45-48-46(50-47(49-45)39-27-19-31-9-2-4-11-37(31)29-39)35-24-20-33(21-25-35)40-13-7-14-42-41-12-5-6-15-43(41)51-44(40)42/h1-29H. The van der Waals surface area contributed by atoms with E-state index < -0.39 is 0 Å². The second-order valence-electron chi connectivity index (χ2n) is 12.9. The van der Waals surface area contributed by atoms with Crippen LogP contribution < -0.4 is 0 Å². The van der Waals surface area contributed by atoms with E-state index in [0.29, 0.717) is 17.5 Å². The number of hydrogen-bond acceptors (Lipinski definition) is 4. The van der Waals surface area contributed by atoms with Crippen LogP contribution in [0.4, 0.5) is 0 Å². The summed E-state index contributed by atoms with van der Waals surface area (Å²) in [6.45, 7) is 0. The Bertz CT molecular complexity index is 2910. The number of nitrogens with zero attached hydrogens (tertiary/aromatic N) is 3. The van der Waals surface area contributed by atoms with E-state index in [0.717, 1.165) is 60.7 Å².